The molecule has 6 nitrogen and oxygen atoms in total. The van der Waals surface area contributed by atoms with Crippen LogP contribution in [0.1, 0.15) is 18.7 Å². The molecule has 7 heteroatoms. The lowest BCUT2D eigenvalue weighted by molar-refractivity contribution is -0.152. The van der Waals surface area contributed by atoms with Crippen molar-refractivity contribution in [2.75, 3.05) is 13.7 Å². The molecule has 1 N–H and O–H groups in total. The van der Waals surface area contributed by atoms with Gasteiger partial charge < -0.3 is 14.6 Å². The number of aryl methyl sites for hydroxylation is 1. The molecule has 1 heterocycles. The number of para-hydroxylation sites is 1. The molecule has 0 aliphatic heterocycles. The molecule has 1 fully saturated rings. The lowest BCUT2D eigenvalue weighted by Gasteiger charge is -2.12. The highest BCUT2D eigenvalue weighted by molar-refractivity contribution is 6.05. The average molecular weight is 319 g/mol. The molecule has 0 unspecified atom stereocenters. The van der Waals surface area contributed by atoms with Crippen molar-refractivity contribution < 1.29 is 18.7 Å². The molecule has 0 spiro atoms. The first-order valence-corrected chi connectivity index (χ1v) is 7.46. The second-order valence-corrected chi connectivity index (χ2v) is 5.77. The van der Waals surface area contributed by atoms with E-state index in [1.165, 1.54) is 13.2 Å². The van der Waals surface area contributed by atoms with Gasteiger partial charge in [0.2, 0.25) is 5.91 Å². The number of rotatable bonds is 5. The first-order chi connectivity index (χ1) is 11.0. The molecule has 3 rings (SSSR count). The maximum absolute atomic E-state index is 13.7. The van der Waals surface area contributed by atoms with Crippen LogP contribution in [-0.2, 0) is 27.8 Å². The molecule has 0 atom stereocenters. The van der Waals surface area contributed by atoms with Crippen molar-refractivity contribution in [2.45, 2.75) is 19.3 Å². The molecule has 1 aliphatic rings. The number of nitrogens with zero attached hydrogens (tertiary/aromatic N) is 2. The summed E-state index contributed by atoms with van der Waals surface area (Å²) >= 11 is 0. The van der Waals surface area contributed by atoms with Crippen LogP contribution >= 0.6 is 0 Å². The number of nitrogens with one attached hydrogen (secondary N) is 1. The molecular formula is C16H18FN3O3. The summed E-state index contributed by atoms with van der Waals surface area (Å²) in [6, 6.07) is 4.80. The van der Waals surface area contributed by atoms with Crippen molar-refractivity contribution in [3.63, 3.8) is 0 Å². The van der Waals surface area contributed by atoms with E-state index in [1.54, 1.807) is 16.7 Å². The van der Waals surface area contributed by atoms with Gasteiger partial charge in [0.05, 0.1) is 12.6 Å². The number of imidazole rings is 1. The second kappa shape index (κ2) is 5.64. The number of amides is 1. The van der Waals surface area contributed by atoms with Gasteiger partial charge >= 0.3 is 5.97 Å². The van der Waals surface area contributed by atoms with Crippen LogP contribution < -0.4 is 5.32 Å². The quantitative estimate of drug-likeness (QED) is 0.666. The van der Waals surface area contributed by atoms with E-state index in [0.29, 0.717) is 42.7 Å². The normalized spacial score (nSPS) is 15.4. The van der Waals surface area contributed by atoms with Crippen molar-refractivity contribution >= 4 is 22.9 Å². The highest BCUT2D eigenvalue weighted by Gasteiger charge is 2.57. The van der Waals surface area contributed by atoms with Crippen LogP contribution in [0.25, 0.3) is 11.0 Å². The minimum absolute atomic E-state index is 0.311. The summed E-state index contributed by atoms with van der Waals surface area (Å²) in [7, 11) is 3.09. The molecule has 23 heavy (non-hydrogen) atoms. The molecule has 122 valence electrons. The zero-order chi connectivity index (χ0) is 16.6. The zero-order valence-corrected chi connectivity index (χ0v) is 13.1. The molecule has 1 aromatic heterocycles. The third-order valence-electron chi connectivity index (χ3n) is 4.35. The summed E-state index contributed by atoms with van der Waals surface area (Å²) in [4.78, 5) is 28.1. The van der Waals surface area contributed by atoms with E-state index in [1.807, 2.05) is 7.05 Å². The van der Waals surface area contributed by atoms with Crippen molar-refractivity contribution in [1.29, 1.82) is 0 Å². The monoisotopic (exact) mass is 319 g/mol. The van der Waals surface area contributed by atoms with Crippen molar-refractivity contribution in [2.24, 2.45) is 12.5 Å². The van der Waals surface area contributed by atoms with Gasteiger partial charge in [0.1, 0.15) is 16.8 Å². The van der Waals surface area contributed by atoms with Crippen molar-refractivity contribution in [1.82, 2.24) is 14.9 Å². The van der Waals surface area contributed by atoms with Crippen LogP contribution in [0.15, 0.2) is 18.2 Å². The Kier molecular flexibility index (Phi) is 3.79. The minimum Gasteiger partial charge on any atom is -0.468 e. The van der Waals surface area contributed by atoms with Crippen LogP contribution in [-0.4, -0.2) is 35.1 Å². The predicted octanol–water partition coefficient (Wildman–Crippen LogP) is 1.32. The largest absolute Gasteiger partial charge is 0.468 e. The Bertz CT molecular complexity index is 780. The maximum atomic E-state index is 13.7. The summed E-state index contributed by atoms with van der Waals surface area (Å²) in [6.07, 6.45) is 1.49. The van der Waals surface area contributed by atoms with E-state index in [9.17, 15) is 14.0 Å². The van der Waals surface area contributed by atoms with Crippen LogP contribution in [0.2, 0.25) is 0 Å². The molecule has 1 aliphatic carbocycles. The van der Waals surface area contributed by atoms with Gasteiger partial charge in [-0.2, -0.15) is 0 Å². The molecule has 2 aromatic rings. The number of ether oxygens (including phenoxy) is 1. The predicted molar refractivity (Wildman–Crippen MR) is 81.1 cm³/mol. The van der Waals surface area contributed by atoms with E-state index >= 15 is 0 Å². The Morgan fingerprint density at radius 3 is 2.78 bits per heavy atom. The third-order valence-corrected chi connectivity index (χ3v) is 4.35. The summed E-state index contributed by atoms with van der Waals surface area (Å²) in [5.41, 5.74) is 0.0248. The maximum Gasteiger partial charge on any atom is 0.321 e. The van der Waals surface area contributed by atoms with Gasteiger partial charge in [0, 0.05) is 20.0 Å². The molecular weight excluding hydrogens is 301 g/mol. The number of hydrogen-bond donors (Lipinski definition) is 1. The van der Waals surface area contributed by atoms with Crippen LogP contribution in [0, 0.1) is 11.2 Å². The lowest BCUT2D eigenvalue weighted by atomic mass is 10.1. The standard InChI is InChI=1S/C16H18FN3O3/c1-20-11-5-3-4-10(17)13(11)19-12(20)6-9-18-14(21)16(7-8-16)15(22)23-2/h3-5H,6-9H2,1-2H3,(H,18,21). The zero-order valence-electron chi connectivity index (χ0n) is 13.1. The van der Waals surface area contributed by atoms with Gasteiger partial charge in [0.15, 0.2) is 5.82 Å². The first-order valence-electron chi connectivity index (χ1n) is 7.46. The number of fused-ring (bicyclic) bond motifs is 1. The molecule has 1 aromatic carbocycles. The van der Waals surface area contributed by atoms with Crippen molar-refractivity contribution in [3.05, 3.63) is 29.8 Å². The number of carbonyl (C=O) groups excluding carboxylic acids is 2. The highest BCUT2D eigenvalue weighted by atomic mass is 19.1. The Hall–Kier alpha value is -2.44. The molecule has 1 saturated carbocycles. The first kappa shape index (κ1) is 15.5. The molecule has 0 radical (unpaired) electrons. The van der Waals surface area contributed by atoms with Gasteiger partial charge in [-0.25, -0.2) is 9.37 Å². The number of methoxy groups -OCH3 is 1. The van der Waals surface area contributed by atoms with Crippen LogP contribution in [0.3, 0.4) is 0 Å². The van der Waals surface area contributed by atoms with E-state index < -0.39 is 11.4 Å². The third kappa shape index (κ3) is 2.56. The number of halogens is 1. The summed E-state index contributed by atoms with van der Waals surface area (Å²) in [5, 5.41) is 2.75. The lowest BCUT2D eigenvalue weighted by Crippen LogP contribution is -2.38. The van der Waals surface area contributed by atoms with E-state index in [0.717, 1.165) is 0 Å². The van der Waals surface area contributed by atoms with Gasteiger partial charge in [-0.1, -0.05) is 6.07 Å². The van der Waals surface area contributed by atoms with Crippen LogP contribution in [0.5, 0.6) is 0 Å². The van der Waals surface area contributed by atoms with Gasteiger partial charge in [0.25, 0.3) is 0 Å². The Balaban J connectivity index is 1.66. The Morgan fingerprint density at radius 1 is 1.43 bits per heavy atom. The fourth-order valence-corrected chi connectivity index (χ4v) is 2.75. The fraction of sp³-hybridized carbons (Fsp3) is 0.438. The molecule has 0 bridgehead atoms. The Morgan fingerprint density at radius 2 is 2.17 bits per heavy atom. The second-order valence-electron chi connectivity index (χ2n) is 5.77. The number of aromatic nitrogens is 2. The number of carbonyl (C=O) groups is 2. The van der Waals surface area contributed by atoms with Gasteiger partial charge in [-0.05, 0) is 25.0 Å². The van der Waals surface area contributed by atoms with E-state index in [-0.39, 0.29) is 11.7 Å². The van der Waals surface area contributed by atoms with Gasteiger partial charge in [-0.15, -0.1) is 0 Å². The average Bonchev–Trinajstić information content (AvgIpc) is 3.29. The highest BCUT2D eigenvalue weighted by Crippen LogP contribution is 2.46. The fourth-order valence-electron chi connectivity index (χ4n) is 2.75. The Labute approximate surface area is 132 Å². The van der Waals surface area contributed by atoms with E-state index in [2.05, 4.69) is 15.0 Å². The van der Waals surface area contributed by atoms with Crippen LogP contribution in [0.4, 0.5) is 4.39 Å². The number of esters is 1. The van der Waals surface area contributed by atoms with E-state index in [4.69, 9.17) is 0 Å². The SMILES string of the molecule is COC(=O)C1(C(=O)NCCc2nc3c(F)cccc3n2C)CC1. The number of benzene rings is 1. The topological polar surface area (TPSA) is 73.2 Å². The molecule has 0 saturated heterocycles. The summed E-state index contributed by atoms with van der Waals surface area (Å²) in [6.45, 7) is 0.330. The summed E-state index contributed by atoms with van der Waals surface area (Å²) < 4.78 is 20.2. The molecule has 1 amide bonds. The van der Waals surface area contributed by atoms with Gasteiger partial charge in [-0.3, -0.25) is 9.59 Å². The van der Waals surface area contributed by atoms with Crippen molar-refractivity contribution in [3.8, 4) is 0 Å². The summed E-state index contributed by atoms with van der Waals surface area (Å²) in [5.74, 6) is -0.488. The smallest absolute Gasteiger partial charge is 0.321 e. The number of hydrogen-bond acceptors (Lipinski definition) is 4. The minimum atomic E-state index is -1.01.